The van der Waals surface area contributed by atoms with Crippen LogP contribution in [0.4, 0.5) is 5.69 Å². The Labute approximate surface area is 205 Å². The number of nitro groups is 1. The molecule has 0 fully saturated rings. The molecule has 2 N–H and O–H groups in total. The maximum Gasteiger partial charge on any atom is 0.339 e. The number of carbonyl (C=O) groups excluding carboxylic acids is 1. The summed E-state index contributed by atoms with van der Waals surface area (Å²) in [5.74, 6) is -1.25. The lowest BCUT2D eigenvalue weighted by molar-refractivity contribution is -0.384. The van der Waals surface area contributed by atoms with Crippen LogP contribution in [0.3, 0.4) is 0 Å². The average Bonchev–Trinajstić information content (AvgIpc) is 2.87. The van der Waals surface area contributed by atoms with Crippen LogP contribution >= 0.6 is 0 Å². The van der Waals surface area contributed by atoms with Gasteiger partial charge in [0, 0.05) is 23.8 Å². The zero-order chi connectivity index (χ0) is 26.0. The number of ether oxygens (including phenoxy) is 2. The molecule has 0 aromatic heterocycles. The number of hydrogen-bond acceptors (Lipinski definition) is 10. The Kier molecular flexibility index (Phi) is 6.33. The number of esters is 1. The topological polar surface area (TPSA) is 172 Å². The summed E-state index contributed by atoms with van der Waals surface area (Å²) >= 11 is 0. The van der Waals surface area contributed by atoms with Gasteiger partial charge in [-0.1, -0.05) is 18.2 Å². The van der Waals surface area contributed by atoms with Gasteiger partial charge in [0.1, 0.15) is 28.0 Å². The third-order valence-corrected chi connectivity index (χ3v) is 6.66. The van der Waals surface area contributed by atoms with Gasteiger partial charge in [-0.25, -0.2) is 4.79 Å². The lowest BCUT2D eigenvalue weighted by Crippen LogP contribution is -2.21. The first-order valence-electron chi connectivity index (χ1n) is 10.2. The van der Waals surface area contributed by atoms with E-state index in [9.17, 15) is 28.6 Å². The molecule has 3 aromatic rings. The van der Waals surface area contributed by atoms with Crippen LogP contribution in [0.1, 0.15) is 27.4 Å². The fourth-order valence-corrected chi connectivity index (χ4v) is 4.59. The van der Waals surface area contributed by atoms with Crippen molar-refractivity contribution in [3.63, 3.8) is 0 Å². The molecule has 0 amide bonds. The number of rotatable bonds is 6. The Hall–Kier alpha value is -4.89. The van der Waals surface area contributed by atoms with Crippen molar-refractivity contribution in [2.45, 2.75) is 10.8 Å². The Balaban J connectivity index is 1.68. The number of non-ortho nitro benzene ring substituents is 1. The van der Waals surface area contributed by atoms with E-state index in [1.165, 1.54) is 19.2 Å². The van der Waals surface area contributed by atoms with Crippen molar-refractivity contribution in [1.29, 1.82) is 5.26 Å². The van der Waals surface area contributed by atoms with Crippen molar-refractivity contribution in [3.05, 3.63) is 105 Å². The van der Waals surface area contributed by atoms with Gasteiger partial charge in [0.25, 0.3) is 5.69 Å². The highest BCUT2D eigenvalue weighted by Crippen LogP contribution is 2.43. The second-order valence-corrected chi connectivity index (χ2v) is 9.07. The standard InChI is InChI=1S/C24H17N3O8S/c1-33-24(28)15-4-2-14(3-5-15)22-19-11-8-17(12-21(19)34-23(26)20(22)13-25)35-36(31,32)18-9-6-16(7-10-18)27(29)30/h2-12,22H,26H2,1H3. The van der Waals surface area contributed by atoms with Gasteiger partial charge in [-0.2, -0.15) is 13.7 Å². The van der Waals surface area contributed by atoms with E-state index in [0.717, 1.165) is 24.3 Å². The molecule has 0 saturated heterocycles. The fourth-order valence-electron chi connectivity index (χ4n) is 3.67. The molecule has 0 aliphatic carbocycles. The van der Waals surface area contributed by atoms with Crippen LogP contribution in [-0.2, 0) is 14.9 Å². The van der Waals surface area contributed by atoms with Crippen molar-refractivity contribution < 1.29 is 31.8 Å². The van der Waals surface area contributed by atoms with Crippen molar-refractivity contribution in [1.82, 2.24) is 0 Å². The normalized spacial score (nSPS) is 14.7. The number of allylic oxidation sites excluding steroid dienone is 1. The zero-order valence-electron chi connectivity index (χ0n) is 18.6. The summed E-state index contributed by atoms with van der Waals surface area (Å²) in [5, 5.41) is 20.5. The molecule has 0 radical (unpaired) electrons. The minimum atomic E-state index is -4.31. The van der Waals surface area contributed by atoms with E-state index in [1.54, 1.807) is 30.3 Å². The molecule has 1 aliphatic rings. The predicted molar refractivity (Wildman–Crippen MR) is 124 cm³/mol. The number of hydrogen-bond donors (Lipinski definition) is 1. The second kappa shape index (κ2) is 9.40. The van der Waals surface area contributed by atoms with E-state index in [-0.39, 0.29) is 33.5 Å². The molecule has 1 aliphatic heterocycles. The first-order valence-corrected chi connectivity index (χ1v) is 11.6. The third-order valence-electron chi connectivity index (χ3n) is 5.40. The minimum absolute atomic E-state index is 0.0971. The largest absolute Gasteiger partial charge is 0.465 e. The van der Waals surface area contributed by atoms with Gasteiger partial charge in [-0.15, -0.1) is 0 Å². The molecule has 36 heavy (non-hydrogen) atoms. The number of benzene rings is 3. The van der Waals surface area contributed by atoms with E-state index >= 15 is 0 Å². The summed E-state index contributed by atoms with van der Waals surface area (Å²) in [6, 6.07) is 16.9. The van der Waals surface area contributed by atoms with Crippen molar-refractivity contribution in [2.24, 2.45) is 5.73 Å². The van der Waals surface area contributed by atoms with Gasteiger partial charge in [-0.05, 0) is 35.9 Å². The van der Waals surface area contributed by atoms with Gasteiger partial charge in [0.05, 0.1) is 23.5 Å². The average molecular weight is 507 g/mol. The number of methoxy groups -OCH3 is 1. The van der Waals surface area contributed by atoms with Crippen LogP contribution in [0.15, 0.2) is 83.1 Å². The van der Waals surface area contributed by atoms with Gasteiger partial charge < -0.3 is 19.4 Å². The highest BCUT2D eigenvalue weighted by Gasteiger charge is 2.31. The Morgan fingerprint density at radius 1 is 1.11 bits per heavy atom. The summed E-state index contributed by atoms with van der Waals surface area (Å²) in [7, 11) is -3.04. The van der Waals surface area contributed by atoms with Crippen LogP contribution in [0, 0.1) is 21.4 Å². The maximum atomic E-state index is 12.7. The van der Waals surface area contributed by atoms with Gasteiger partial charge in [0.15, 0.2) is 0 Å². The molecule has 12 heteroatoms. The highest BCUT2D eigenvalue weighted by molar-refractivity contribution is 7.87. The second-order valence-electron chi connectivity index (χ2n) is 7.53. The van der Waals surface area contributed by atoms with E-state index in [4.69, 9.17) is 19.4 Å². The highest BCUT2D eigenvalue weighted by atomic mass is 32.2. The quantitative estimate of drug-likeness (QED) is 0.226. The van der Waals surface area contributed by atoms with Crippen LogP contribution < -0.4 is 14.7 Å². The monoisotopic (exact) mass is 507 g/mol. The van der Waals surface area contributed by atoms with Gasteiger partial charge in [0.2, 0.25) is 5.88 Å². The number of carbonyl (C=O) groups is 1. The van der Waals surface area contributed by atoms with Gasteiger partial charge in [-0.3, -0.25) is 10.1 Å². The number of fused-ring (bicyclic) bond motifs is 1. The zero-order valence-corrected chi connectivity index (χ0v) is 19.4. The predicted octanol–water partition coefficient (Wildman–Crippen LogP) is 3.37. The van der Waals surface area contributed by atoms with Crippen molar-refractivity contribution in [2.75, 3.05) is 7.11 Å². The summed E-state index contributed by atoms with van der Waals surface area (Å²) in [6.07, 6.45) is 0. The Bertz CT molecular complexity index is 1540. The number of nitro benzene ring substituents is 1. The molecule has 0 spiro atoms. The van der Waals surface area contributed by atoms with Crippen LogP contribution in [0.2, 0.25) is 0 Å². The molecule has 3 aromatic carbocycles. The Morgan fingerprint density at radius 3 is 2.36 bits per heavy atom. The van der Waals surface area contributed by atoms with Crippen LogP contribution in [0.5, 0.6) is 11.5 Å². The summed E-state index contributed by atoms with van der Waals surface area (Å²) in [5.41, 5.74) is 7.34. The molecule has 1 heterocycles. The fraction of sp³-hybridized carbons (Fsp3) is 0.0833. The molecular weight excluding hydrogens is 490 g/mol. The maximum absolute atomic E-state index is 12.7. The summed E-state index contributed by atoms with van der Waals surface area (Å²) < 4.78 is 40.8. The SMILES string of the molecule is COC(=O)c1ccc(C2C(C#N)=C(N)Oc3cc(OS(=O)(=O)c4ccc([N+](=O)[O-])cc4)ccc32)cc1. The van der Waals surface area contributed by atoms with E-state index in [0.29, 0.717) is 16.7 Å². The summed E-state index contributed by atoms with van der Waals surface area (Å²) in [6.45, 7) is 0. The Morgan fingerprint density at radius 2 is 1.78 bits per heavy atom. The molecule has 4 rings (SSSR count). The number of nitrogens with two attached hydrogens (primary N) is 1. The molecule has 1 unspecified atom stereocenters. The molecule has 0 saturated carbocycles. The van der Waals surface area contributed by atoms with Crippen LogP contribution in [-0.4, -0.2) is 26.4 Å². The van der Waals surface area contributed by atoms with Crippen molar-refractivity contribution in [3.8, 4) is 17.6 Å². The molecule has 182 valence electrons. The van der Waals surface area contributed by atoms with Crippen molar-refractivity contribution >= 4 is 21.8 Å². The van der Waals surface area contributed by atoms with E-state index in [1.807, 2.05) is 6.07 Å². The lowest BCUT2D eigenvalue weighted by Gasteiger charge is -2.26. The van der Waals surface area contributed by atoms with E-state index < -0.39 is 26.9 Å². The molecule has 1 atom stereocenters. The van der Waals surface area contributed by atoms with E-state index in [2.05, 4.69) is 0 Å². The number of nitriles is 1. The van der Waals surface area contributed by atoms with Gasteiger partial charge >= 0.3 is 16.1 Å². The molecule has 11 nitrogen and oxygen atoms in total. The number of nitrogens with zero attached hydrogens (tertiary/aromatic N) is 2. The lowest BCUT2D eigenvalue weighted by atomic mass is 9.83. The third kappa shape index (κ3) is 4.55. The first-order chi connectivity index (χ1) is 17.1. The summed E-state index contributed by atoms with van der Waals surface area (Å²) in [4.78, 5) is 21.6. The molecule has 0 bridgehead atoms. The molecular formula is C24H17N3O8S. The first kappa shape index (κ1) is 24.2. The van der Waals surface area contributed by atoms with Crippen LogP contribution in [0.25, 0.3) is 0 Å². The minimum Gasteiger partial charge on any atom is -0.465 e. The smallest absolute Gasteiger partial charge is 0.339 e.